The second-order valence-electron chi connectivity index (χ2n) is 8.83. The highest BCUT2D eigenvalue weighted by molar-refractivity contribution is 7.92. The fourth-order valence-corrected chi connectivity index (χ4v) is 4.80. The lowest BCUT2D eigenvalue weighted by Gasteiger charge is -2.22. The van der Waals surface area contributed by atoms with Crippen LogP contribution in [-0.2, 0) is 23.2 Å². The number of nitrogens with zero attached hydrogens (tertiary/aromatic N) is 2. The fraction of sp³-hybridized carbons (Fsp3) is 0.133. The topological polar surface area (TPSA) is 97.3 Å². The van der Waals surface area contributed by atoms with E-state index in [0.29, 0.717) is 39.9 Å². The molecule has 1 N–H and O–H groups in total. The smallest absolute Gasteiger partial charge is 0.271 e. The largest absolute Gasteiger partial charge is 0.493 e. The molecule has 4 rings (SSSR count). The van der Waals surface area contributed by atoms with Gasteiger partial charge in [-0.3, -0.25) is 9.10 Å². The number of methoxy groups -OCH3 is 1. The third-order valence-corrected chi connectivity index (χ3v) is 7.25. The van der Waals surface area contributed by atoms with E-state index < -0.39 is 15.9 Å². The van der Waals surface area contributed by atoms with Crippen LogP contribution >= 0.6 is 11.6 Å². The minimum Gasteiger partial charge on any atom is -0.493 e. The van der Waals surface area contributed by atoms with Crippen LogP contribution in [0.25, 0.3) is 0 Å². The first-order chi connectivity index (χ1) is 19.2. The van der Waals surface area contributed by atoms with Gasteiger partial charge >= 0.3 is 0 Å². The molecule has 0 atom stereocenters. The van der Waals surface area contributed by atoms with Crippen LogP contribution in [0.2, 0.25) is 5.02 Å². The van der Waals surface area contributed by atoms with Crippen molar-refractivity contribution >= 4 is 39.4 Å². The fourth-order valence-electron chi connectivity index (χ4n) is 3.78. The Morgan fingerprint density at radius 1 is 0.925 bits per heavy atom. The van der Waals surface area contributed by atoms with Crippen LogP contribution in [0.5, 0.6) is 11.5 Å². The van der Waals surface area contributed by atoms with Gasteiger partial charge in [-0.1, -0.05) is 54.1 Å². The Morgan fingerprint density at radius 2 is 1.62 bits per heavy atom. The lowest BCUT2D eigenvalue weighted by molar-refractivity contribution is 0.0955. The average molecular weight is 578 g/mol. The normalized spacial score (nSPS) is 11.3. The summed E-state index contributed by atoms with van der Waals surface area (Å²) >= 11 is 5.93. The van der Waals surface area contributed by atoms with Gasteiger partial charge in [-0.15, -0.1) is 0 Å². The summed E-state index contributed by atoms with van der Waals surface area (Å²) in [5.41, 5.74) is 5.75. The average Bonchev–Trinajstić information content (AvgIpc) is 2.96. The number of anilines is 1. The molecule has 0 saturated heterocycles. The zero-order valence-electron chi connectivity index (χ0n) is 22.0. The summed E-state index contributed by atoms with van der Waals surface area (Å²) in [6, 6.07) is 28.3. The molecule has 0 aromatic heterocycles. The number of nitrogens with one attached hydrogen (secondary N) is 1. The van der Waals surface area contributed by atoms with Crippen molar-refractivity contribution in [2.24, 2.45) is 5.10 Å². The van der Waals surface area contributed by atoms with Crippen LogP contribution in [0, 0.1) is 0 Å². The van der Waals surface area contributed by atoms with Gasteiger partial charge in [0.15, 0.2) is 11.5 Å². The van der Waals surface area contributed by atoms with Crippen molar-refractivity contribution < 1.29 is 22.7 Å². The van der Waals surface area contributed by atoms with Crippen LogP contribution in [0.1, 0.15) is 27.0 Å². The Kier molecular flexibility index (Phi) is 9.42. The summed E-state index contributed by atoms with van der Waals surface area (Å²) in [4.78, 5) is 12.6. The number of hydrogen-bond donors (Lipinski definition) is 1. The molecule has 0 saturated carbocycles. The predicted molar refractivity (Wildman–Crippen MR) is 158 cm³/mol. The molecule has 1 amide bonds. The first kappa shape index (κ1) is 28.7. The monoisotopic (exact) mass is 577 g/mol. The van der Waals surface area contributed by atoms with Crippen LogP contribution < -0.4 is 19.2 Å². The second-order valence-corrected chi connectivity index (χ2v) is 11.2. The van der Waals surface area contributed by atoms with Crippen molar-refractivity contribution in [3.63, 3.8) is 0 Å². The maximum Gasteiger partial charge on any atom is 0.271 e. The van der Waals surface area contributed by atoms with Gasteiger partial charge < -0.3 is 9.47 Å². The van der Waals surface area contributed by atoms with Crippen LogP contribution in [0.4, 0.5) is 5.69 Å². The minimum absolute atomic E-state index is 0.130. The number of amides is 1. The minimum atomic E-state index is -3.57. The van der Waals surface area contributed by atoms with Crippen LogP contribution in [0.15, 0.2) is 102 Å². The van der Waals surface area contributed by atoms with E-state index in [-0.39, 0.29) is 6.54 Å². The number of carbonyl (C=O) groups excluding carboxylic acids is 1. The number of hydrazone groups is 1. The number of hydrogen-bond acceptors (Lipinski definition) is 6. The third-order valence-electron chi connectivity index (χ3n) is 5.86. The molecule has 8 nitrogen and oxygen atoms in total. The van der Waals surface area contributed by atoms with E-state index in [1.54, 1.807) is 73.8 Å². The Balaban J connectivity index is 1.38. The molecule has 0 bridgehead atoms. The van der Waals surface area contributed by atoms with E-state index in [1.807, 2.05) is 30.3 Å². The van der Waals surface area contributed by atoms with E-state index in [4.69, 9.17) is 21.1 Å². The first-order valence-corrected chi connectivity index (χ1v) is 14.5. The molecular weight excluding hydrogens is 550 g/mol. The van der Waals surface area contributed by atoms with E-state index >= 15 is 0 Å². The Labute approximate surface area is 238 Å². The van der Waals surface area contributed by atoms with E-state index in [0.717, 1.165) is 17.4 Å². The summed E-state index contributed by atoms with van der Waals surface area (Å²) in [5, 5.41) is 4.60. The summed E-state index contributed by atoms with van der Waals surface area (Å²) in [7, 11) is -2.02. The molecular formula is C30H28ClN3O5S. The summed E-state index contributed by atoms with van der Waals surface area (Å²) in [6.07, 6.45) is 2.63. The van der Waals surface area contributed by atoms with Gasteiger partial charge in [0.2, 0.25) is 10.0 Å². The molecule has 4 aromatic rings. The van der Waals surface area contributed by atoms with Gasteiger partial charge in [-0.2, -0.15) is 5.10 Å². The molecule has 0 spiro atoms. The highest BCUT2D eigenvalue weighted by Crippen LogP contribution is 2.28. The van der Waals surface area contributed by atoms with E-state index in [9.17, 15) is 13.2 Å². The summed E-state index contributed by atoms with van der Waals surface area (Å²) in [5.74, 6) is 0.684. The SMILES string of the molecule is COc1cc(/C=N\NC(=O)c2ccc(N(Cc3ccc(Cl)cc3)S(C)(=O)=O)cc2)ccc1OCc1ccccc1. The Morgan fingerprint density at radius 3 is 2.27 bits per heavy atom. The molecule has 0 unspecified atom stereocenters. The first-order valence-electron chi connectivity index (χ1n) is 12.2. The molecule has 0 aliphatic rings. The van der Waals surface area contributed by atoms with Crippen LogP contribution in [-0.4, -0.2) is 33.9 Å². The van der Waals surface area contributed by atoms with Gasteiger partial charge in [-0.25, -0.2) is 13.8 Å². The van der Waals surface area contributed by atoms with E-state index in [2.05, 4.69) is 10.5 Å². The van der Waals surface area contributed by atoms with Crippen molar-refractivity contribution in [1.82, 2.24) is 5.43 Å². The van der Waals surface area contributed by atoms with E-state index in [1.165, 1.54) is 10.5 Å². The summed E-state index contributed by atoms with van der Waals surface area (Å²) < 4.78 is 37.5. The number of benzene rings is 4. The van der Waals surface area contributed by atoms with Crippen LogP contribution in [0.3, 0.4) is 0 Å². The molecule has 4 aromatic carbocycles. The number of carbonyl (C=O) groups is 1. The molecule has 0 fully saturated rings. The van der Waals surface area contributed by atoms with Gasteiger partial charge in [0.1, 0.15) is 6.61 Å². The maximum atomic E-state index is 12.6. The van der Waals surface area contributed by atoms with Gasteiger partial charge in [0.05, 0.1) is 31.8 Å². The number of halogens is 1. The third kappa shape index (κ3) is 7.84. The highest BCUT2D eigenvalue weighted by Gasteiger charge is 2.18. The molecule has 10 heteroatoms. The van der Waals surface area contributed by atoms with Gasteiger partial charge in [0, 0.05) is 10.6 Å². The summed E-state index contributed by atoms with van der Waals surface area (Å²) in [6.45, 7) is 0.536. The standard InChI is InChI=1S/C30H28ClN3O5S/c1-38-29-18-24(10-17-28(29)39-21-23-6-4-3-5-7-23)19-32-33-30(35)25-11-15-27(16-12-25)34(40(2,36)37)20-22-8-13-26(31)14-9-22/h3-19H,20-21H2,1-2H3,(H,33,35)/b32-19-. The highest BCUT2D eigenvalue weighted by atomic mass is 35.5. The number of ether oxygens (including phenoxy) is 2. The van der Waals surface area contributed by atoms with Crippen molar-refractivity contribution in [3.05, 3.63) is 124 Å². The Hall–Kier alpha value is -4.34. The molecule has 0 radical (unpaired) electrons. The molecule has 0 aliphatic carbocycles. The quantitative estimate of drug-likeness (QED) is 0.183. The second kappa shape index (κ2) is 13.1. The zero-order valence-corrected chi connectivity index (χ0v) is 23.5. The maximum absolute atomic E-state index is 12.6. The van der Waals surface area contributed by atoms with Crippen molar-refractivity contribution in [1.29, 1.82) is 0 Å². The molecule has 206 valence electrons. The van der Waals surface area contributed by atoms with Crippen molar-refractivity contribution in [3.8, 4) is 11.5 Å². The molecule has 0 heterocycles. The van der Waals surface area contributed by atoms with Gasteiger partial charge in [0.25, 0.3) is 5.91 Å². The predicted octanol–water partition coefficient (Wildman–Crippen LogP) is 5.66. The zero-order chi connectivity index (χ0) is 28.5. The van der Waals surface area contributed by atoms with Crippen molar-refractivity contribution in [2.75, 3.05) is 17.7 Å². The van der Waals surface area contributed by atoms with Crippen molar-refractivity contribution in [2.45, 2.75) is 13.2 Å². The molecule has 40 heavy (non-hydrogen) atoms. The van der Waals surface area contributed by atoms with Gasteiger partial charge in [-0.05, 0) is 71.3 Å². The Bertz CT molecular complexity index is 1580. The number of sulfonamides is 1. The lowest BCUT2D eigenvalue weighted by Crippen LogP contribution is -2.29. The number of rotatable bonds is 11. The molecule has 0 aliphatic heterocycles. The lowest BCUT2D eigenvalue weighted by atomic mass is 10.2.